The molecule has 0 saturated heterocycles. The number of rotatable bonds is 6. The number of hydrogen-bond donors (Lipinski definition) is 2. The van der Waals surface area contributed by atoms with E-state index in [1.807, 2.05) is 0 Å². The highest BCUT2D eigenvalue weighted by atomic mass is 28.3. The van der Waals surface area contributed by atoms with Crippen molar-refractivity contribution >= 4 is 38.2 Å². The normalized spacial score (nSPS) is 14.5. The fourth-order valence-corrected chi connectivity index (χ4v) is 12.8. The molecule has 4 aromatic rings. The zero-order valence-corrected chi connectivity index (χ0v) is 36.5. The van der Waals surface area contributed by atoms with Gasteiger partial charge in [-0.25, -0.2) is 0 Å². The van der Waals surface area contributed by atoms with Crippen LogP contribution in [0, 0.1) is 41.5 Å². The fourth-order valence-electron chi connectivity index (χ4n) is 7.96. The standard InChI is InChI=1S/C45H64N2OSi2/c1-27-19-29(3)39(30(4)20-27)46-49(15,16)37-25-33(43(7,8)9)23-35-41(37)48-42-36(45(35,13)14)24-34(44(10,11)12)26-38(42)50(17,18)47-40-31(5)21-28(2)22-32(40)6/h19-26,46-47H,1-18H3. The average Bonchev–Trinajstić information content (AvgIpc) is 2.95. The summed E-state index contributed by atoms with van der Waals surface area (Å²) in [6.07, 6.45) is 0. The van der Waals surface area contributed by atoms with Crippen LogP contribution in [-0.2, 0) is 16.2 Å². The summed E-state index contributed by atoms with van der Waals surface area (Å²) in [7, 11) is -4.68. The topological polar surface area (TPSA) is 33.3 Å². The molecule has 5 heteroatoms. The number of fused-ring (bicyclic) bond motifs is 2. The Hall–Kier alpha value is -3.29. The number of aryl methyl sites for hydroxylation is 6. The van der Waals surface area contributed by atoms with Gasteiger partial charge >= 0.3 is 0 Å². The summed E-state index contributed by atoms with van der Waals surface area (Å²) >= 11 is 0. The Labute approximate surface area is 306 Å². The zero-order chi connectivity index (χ0) is 37.5. The van der Waals surface area contributed by atoms with E-state index in [0.29, 0.717) is 0 Å². The highest BCUT2D eigenvalue weighted by molar-refractivity contribution is 6.93. The van der Waals surface area contributed by atoms with E-state index in [1.54, 1.807) is 0 Å². The van der Waals surface area contributed by atoms with Crippen LogP contribution in [0.2, 0.25) is 26.2 Å². The van der Waals surface area contributed by atoms with Crippen LogP contribution in [0.4, 0.5) is 11.4 Å². The van der Waals surface area contributed by atoms with Crippen molar-refractivity contribution in [1.82, 2.24) is 0 Å². The summed E-state index contributed by atoms with van der Waals surface area (Å²) in [5, 5.41) is 2.67. The van der Waals surface area contributed by atoms with Crippen LogP contribution in [0.3, 0.4) is 0 Å². The Bertz CT molecular complexity index is 1800. The molecule has 0 aromatic heterocycles. The van der Waals surface area contributed by atoms with Crippen LogP contribution >= 0.6 is 0 Å². The largest absolute Gasteiger partial charge is 0.457 e. The van der Waals surface area contributed by atoms with Gasteiger partial charge in [-0.2, -0.15) is 0 Å². The monoisotopic (exact) mass is 704 g/mol. The molecule has 4 aromatic carbocycles. The first-order valence-electron chi connectivity index (χ1n) is 18.5. The van der Waals surface area contributed by atoms with Crippen LogP contribution in [0.1, 0.15) is 111 Å². The van der Waals surface area contributed by atoms with Crippen LogP contribution in [0.5, 0.6) is 11.5 Å². The lowest BCUT2D eigenvalue weighted by atomic mass is 9.72. The summed E-state index contributed by atoms with van der Waals surface area (Å²) in [4.78, 5) is 8.31. The highest BCUT2D eigenvalue weighted by Crippen LogP contribution is 2.50. The molecule has 2 N–H and O–H groups in total. The second-order valence-electron chi connectivity index (χ2n) is 19.1. The van der Waals surface area contributed by atoms with Gasteiger partial charge in [0.2, 0.25) is 0 Å². The zero-order valence-electron chi connectivity index (χ0n) is 34.5. The summed E-state index contributed by atoms with van der Waals surface area (Å²) in [5.41, 5.74) is 15.3. The minimum atomic E-state index is -2.34. The summed E-state index contributed by atoms with van der Waals surface area (Å²) in [6, 6.07) is 19.1. The molecule has 3 nitrogen and oxygen atoms in total. The summed E-state index contributed by atoms with van der Waals surface area (Å²) in [6.45, 7) is 42.0. The number of hydrogen-bond acceptors (Lipinski definition) is 3. The maximum Gasteiger partial charge on any atom is 0.183 e. The predicted molar refractivity (Wildman–Crippen MR) is 225 cm³/mol. The third kappa shape index (κ3) is 6.97. The maximum absolute atomic E-state index is 7.51. The van der Waals surface area contributed by atoms with Crippen LogP contribution in [-0.4, -0.2) is 16.5 Å². The van der Waals surface area contributed by atoms with Gasteiger partial charge in [-0.1, -0.05) is 115 Å². The van der Waals surface area contributed by atoms with E-state index < -0.39 is 16.5 Å². The quantitative estimate of drug-likeness (QED) is 0.196. The van der Waals surface area contributed by atoms with E-state index >= 15 is 0 Å². The predicted octanol–water partition coefficient (Wildman–Crippen LogP) is 11.6. The van der Waals surface area contributed by atoms with Crippen molar-refractivity contribution in [2.75, 3.05) is 9.96 Å². The summed E-state index contributed by atoms with van der Waals surface area (Å²) < 4.78 is 7.51. The van der Waals surface area contributed by atoms with Crippen LogP contribution < -0.4 is 25.1 Å². The molecule has 0 spiro atoms. The van der Waals surface area contributed by atoms with Gasteiger partial charge in [0.15, 0.2) is 16.5 Å². The van der Waals surface area contributed by atoms with Crippen molar-refractivity contribution in [3.8, 4) is 11.5 Å². The first kappa shape index (κ1) is 38.0. The number of ether oxygens (including phenoxy) is 1. The van der Waals surface area contributed by atoms with E-state index in [-0.39, 0.29) is 16.2 Å². The second kappa shape index (κ2) is 12.4. The third-order valence-corrected chi connectivity index (χ3v) is 16.2. The molecule has 0 bridgehead atoms. The Balaban J connectivity index is 1.79. The van der Waals surface area contributed by atoms with Crippen molar-refractivity contribution in [3.05, 3.63) is 104 Å². The molecule has 0 fully saturated rings. The van der Waals surface area contributed by atoms with Gasteiger partial charge in [-0.05, 0) is 112 Å². The van der Waals surface area contributed by atoms with E-state index in [4.69, 9.17) is 4.74 Å². The first-order chi connectivity index (χ1) is 22.7. The van der Waals surface area contributed by atoms with Gasteiger partial charge in [0.05, 0.1) is 0 Å². The van der Waals surface area contributed by atoms with Crippen LogP contribution in [0.25, 0.3) is 0 Å². The molecule has 0 atom stereocenters. The van der Waals surface area contributed by atoms with Gasteiger partial charge in [0.1, 0.15) is 11.5 Å². The Morgan fingerprint density at radius 1 is 0.500 bits per heavy atom. The van der Waals surface area contributed by atoms with Gasteiger partial charge in [-0.15, -0.1) is 0 Å². The molecule has 5 rings (SSSR count). The minimum absolute atomic E-state index is 0.0126. The Morgan fingerprint density at radius 2 is 0.800 bits per heavy atom. The smallest absolute Gasteiger partial charge is 0.183 e. The molecule has 1 aliphatic heterocycles. The lowest BCUT2D eigenvalue weighted by Gasteiger charge is -2.42. The molecule has 1 aliphatic rings. The minimum Gasteiger partial charge on any atom is -0.457 e. The van der Waals surface area contributed by atoms with Gasteiger partial charge in [0, 0.05) is 38.3 Å². The lowest BCUT2D eigenvalue weighted by molar-refractivity contribution is 0.421. The van der Waals surface area contributed by atoms with Gasteiger partial charge in [-0.3, -0.25) is 0 Å². The maximum atomic E-state index is 7.51. The molecule has 268 valence electrons. The van der Waals surface area contributed by atoms with Crippen molar-refractivity contribution < 1.29 is 4.74 Å². The molecule has 0 amide bonds. The van der Waals surface area contributed by atoms with E-state index in [9.17, 15) is 0 Å². The molecule has 0 saturated carbocycles. The van der Waals surface area contributed by atoms with Crippen molar-refractivity contribution in [1.29, 1.82) is 0 Å². The van der Waals surface area contributed by atoms with Crippen LogP contribution in [0.15, 0.2) is 48.5 Å². The van der Waals surface area contributed by atoms with Crippen molar-refractivity contribution in [3.63, 3.8) is 0 Å². The molecule has 0 unspecified atom stereocenters. The SMILES string of the molecule is Cc1cc(C)c(N[Si](C)(C)c2cc(C(C)(C)C)cc3c2Oc2c(cc(C(C)(C)C)cc2[Si](C)(C)Nc2c(C)cc(C)cc2C)C3(C)C)c(C)c1. The average molecular weight is 705 g/mol. The van der Waals surface area contributed by atoms with E-state index in [0.717, 1.165) is 11.5 Å². The van der Waals surface area contributed by atoms with Gasteiger partial charge in [0.25, 0.3) is 0 Å². The molecule has 50 heavy (non-hydrogen) atoms. The second-order valence-corrected chi connectivity index (χ2v) is 27.2. The molecule has 0 radical (unpaired) electrons. The van der Waals surface area contributed by atoms with Gasteiger partial charge < -0.3 is 14.7 Å². The third-order valence-electron chi connectivity index (χ3n) is 11.0. The first-order valence-corrected chi connectivity index (χ1v) is 24.5. The highest BCUT2D eigenvalue weighted by Gasteiger charge is 2.44. The fraction of sp³-hybridized carbons (Fsp3) is 0.467. The molecular weight excluding hydrogens is 641 g/mol. The van der Waals surface area contributed by atoms with E-state index in [1.165, 1.54) is 77.4 Å². The number of benzene rings is 4. The van der Waals surface area contributed by atoms with E-state index in [2.05, 4.69) is 182 Å². The number of nitrogens with one attached hydrogen (secondary N) is 2. The number of anilines is 2. The summed E-state index contributed by atoms with van der Waals surface area (Å²) in [5.74, 6) is 2.11. The lowest BCUT2D eigenvalue weighted by Crippen LogP contribution is -2.54. The Kier molecular flexibility index (Phi) is 9.44. The molecular formula is C45H64N2OSi2. The molecule has 0 aliphatic carbocycles. The van der Waals surface area contributed by atoms with Crippen molar-refractivity contribution in [2.24, 2.45) is 0 Å². The molecule has 1 heterocycles. The Morgan fingerprint density at radius 3 is 1.08 bits per heavy atom. The van der Waals surface area contributed by atoms with Crippen molar-refractivity contribution in [2.45, 2.75) is 139 Å².